The average Bonchev–Trinajstić information content (AvgIpc) is 3.13. The molecule has 6 nitrogen and oxygen atoms in total. The van der Waals surface area contributed by atoms with E-state index in [4.69, 9.17) is 4.52 Å². The van der Waals surface area contributed by atoms with Crippen LogP contribution in [-0.4, -0.2) is 26.7 Å². The maximum absolute atomic E-state index is 5.57. The van der Waals surface area contributed by atoms with E-state index in [2.05, 4.69) is 40.9 Å². The van der Waals surface area contributed by atoms with Crippen molar-refractivity contribution in [2.75, 3.05) is 11.4 Å². The topological polar surface area (TPSA) is 67.9 Å². The van der Waals surface area contributed by atoms with Crippen LogP contribution < -0.4 is 4.90 Å². The Morgan fingerprint density at radius 2 is 1.88 bits per heavy atom. The number of anilines is 1. The van der Waals surface area contributed by atoms with Gasteiger partial charge in [0.15, 0.2) is 0 Å². The van der Waals surface area contributed by atoms with Crippen LogP contribution in [0.2, 0.25) is 0 Å². The van der Waals surface area contributed by atoms with E-state index in [1.165, 1.54) is 0 Å². The highest BCUT2D eigenvalue weighted by Crippen LogP contribution is 2.33. The summed E-state index contributed by atoms with van der Waals surface area (Å²) in [6.45, 7) is 0.884. The lowest BCUT2D eigenvalue weighted by Crippen LogP contribution is -2.34. The van der Waals surface area contributed by atoms with E-state index in [-0.39, 0.29) is 6.04 Å². The van der Waals surface area contributed by atoms with Gasteiger partial charge in [-0.3, -0.25) is 0 Å². The normalized spacial score (nSPS) is 17.9. The van der Waals surface area contributed by atoms with Gasteiger partial charge < -0.3 is 9.42 Å². The molecule has 1 atom stereocenters. The fourth-order valence-electron chi connectivity index (χ4n) is 2.96. The Bertz CT molecular complexity index is 805. The standard InChI is InChI=1S/C17H16BrN5O/c18-13-10-19-17(20-11-13)23-9-5-4-8-14(23)16-21-15(22-24-16)12-6-2-1-3-7-12/h1-3,6-7,10-11,14H,4-5,8-9H2/t14-/m0/s1. The maximum Gasteiger partial charge on any atom is 0.249 e. The molecule has 1 aromatic carbocycles. The number of halogens is 1. The molecule has 1 aliphatic rings. The smallest absolute Gasteiger partial charge is 0.249 e. The largest absolute Gasteiger partial charge is 0.337 e. The van der Waals surface area contributed by atoms with Crippen molar-refractivity contribution in [3.63, 3.8) is 0 Å². The van der Waals surface area contributed by atoms with Gasteiger partial charge in [0.05, 0.1) is 4.47 Å². The molecule has 24 heavy (non-hydrogen) atoms. The summed E-state index contributed by atoms with van der Waals surface area (Å²) < 4.78 is 6.43. The summed E-state index contributed by atoms with van der Waals surface area (Å²) in [4.78, 5) is 15.6. The van der Waals surface area contributed by atoms with Crippen molar-refractivity contribution in [2.45, 2.75) is 25.3 Å². The highest BCUT2D eigenvalue weighted by molar-refractivity contribution is 9.10. The quantitative estimate of drug-likeness (QED) is 0.677. The van der Waals surface area contributed by atoms with Gasteiger partial charge in [-0.1, -0.05) is 35.5 Å². The lowest BCUT2D eigenvalue weighted by atomic mass is 10.0. The van der Waals surface area contributed by atoms with E-state index >= 15 is 0 Å². The number of aromatic nitrogens is 4. The van der Waals surface area contributed by atoms with E-state index in [1.807, 2.05) is 30.3 Å². The molecular weight excluding hydrogens is 370 g/mol. The minimum atomic E-state index is 0.0184. The number of hydrogen-bond acceptors (Lipinski definition) is 6. The summed E-state index contributed by atoms with van der Waals surface area (Å²) in [5, 5.41) is 4.14. The minimum Gasteiger partial charge on any atom is -0.337 e. The summed E-state index contributed by atoms with van der Waals surface area (Å²) >= 11 is 3.37. The molecule has 2 aromatic heterocycles. The van der Waals surface area contributed by atoms with Gasteiger partial charge in [0.2, 0.25) is 17.7 Å². The van der Waals surface area contributed by atoms with Gasteiger partial charge in [-0.05, 0) is 35.2 Å². The molecule has 4 rings (SSSR count). The lowest BCUT2D eigenvalue weighted by molar-refractivity contribution is 0.321. The average molecular weight is 386 g/mol. The van der Waals surface area contributed by atoms with E-state index < -0.39 is 0 Å². The summed E-state index contributed by atoms with van der Waals surface area (Å²) in [6, 6.07) is 9.88. The monoisotopic (exact) mass is 385 g/mol. The molecule has 0 aliphatic carbocycles. The first-order chi connectivity index (χ1) is 11.8. The molecule has 122 valence electrons. The molecule has 0 spiro atoms. The summed E-state index contributed by atoms with van der Waals surface area (Å²) in [5.41, 5.74) is 0.953. The Morgan fingerprint density at radius 3 is 2.67 bits per heavy atom. The number of rotatable bonds is 3. The van der Waals surface area contributed by atoms with E-state index in [1.54, 1.807) is 12.4 Å². The number of piperidine rings is 1. The third kappa shape index (κ3) is 3.03. The van der Waals surface area contributed by atoms with E-state index in [0.29, 0.717) is 17.7 Å². The van der Waals surface area contributed by atoms with Crippen LogP contribution in [0.25, 0.3) is 11.4 Å². The van der Waals surface area contributed by atoms with Crippen molar-refractivity contribution in [1.82, 2.24) is 20.1 Å². The first-order valence-corrected chi connectivity index (χ1v) is 8.74. The van der Waals surface area contributed by atoms with Gasteiger partial charge in [0.25, 0.3) is 0 Å². The van der Waals surface area contributed by atoms with E-state index in [0.717, 1.165) is 35.8 Å². The highest BCUT2D eigenvalue weighted by Gasteiger charge is 2.30. The third-order valence-corrected chi connectivity index (χ3v) is 4.53. The molecule has 0 radical (unpaired) electrons. The maximum atomic E-state index is 5.57. The van der Waals surface area contributed by atoms with Crippen molar-refractivity contribution in [2.24, 2.45) is 0 Å². The molecule has 0 N–H and O–H groups in total. The zero-order valence-electron chi connectivity index (χ0n) is 13.0. The van der Waals surface area contributed by atoms with Crippen LogP contribution >= 0.6 is 15.9 Å². The Kier molecular flexibility index (Phi) is 4.25. The van der Waals surface area contributed by atoms with Crippen molar-refractivity contribution in [1.29, 1.82) is 0 Å². The van der Waals surface area contributed by atoms with Crippen molar-refractivity contribution in [3.05, 3.63) is 53.1 Å². The summed E-state index contributed by atoms with van der Waals surface area (Å²) in [7, 11) is 0. The van der Waals surface area contributed by atoms with Crippen LogP contribution in [0.1, 0.15) is 31.2 Å². The predicted molar refractivity (Wildman–Crippen MR) is 93.4 cm³/mol. The van der Waals surface area contributed by atoms with Crippen LogP contribution in [0.4, 0.5) is 5.95 Å². The second-order valence-corrected chi connectivity index (χ2v) is 6.64. The molecule has 3 aromatic rings. The second kappa shape index (κ2) is 6.68. The molecule has 1 fully saturated rings. The summed E-state index contributed by atoms with van der Waals surface area (Å²) in [6.07, 6.45) is 6.71. The Morgan fingerprint density at radius 1 is 1.08 bits per heavy atom. The van der Waals surface area contributed by atoms with Gasteiger partial charge >= 0.3 is 0 Å². The van der Waals surface area contributed by atoms with Crippen LogP contribution in [0.15, 0.2) is 51.7 Å². The molecule has 0 bridgehead atoms. The minimum absolute atomic E-state index is 0.0184. The third-order valence-electron chi connectivity index (χ3n) is 4.13. The Hall–Kier alpha value is -2.28. The Labute approximate surface area is 148 Å². The zero-order valence-corrected chi connectivity index (χ0v) is 14.6. The van der Waals surface area contributed by atoms with Gasteiger partial charge in [-0.2, -0.15) is 4.98 Å². The number of nitrogens with zero attached hydrogens (tertiary/aromatic N) is 5. The summed E-state index contributed by atoms with van der Waals surface area (Å²) in [5.74, 6) is 1.94. The highest BCUT2D eigenvalue weighted by atomic mass is 79.9. The first-order valence-electron chi connectivity index (χ1n) is 7.94. The van der Waals surface area contributed by atoms with Crippen LogP contribution in [-0.2, 0) is 0 Å². The zero-order chi connectivity index (χ0) is 16.4. The molecule has 3 heterocycles. The van der Waals surface area contributed by atoms with E-state index in [9.17, 15) is 0 Å². The number of hydrogen-bond donors (Lipinski definition) is 0. The number of benzene rings is 1. The van der Waals surface area contributed by atoms with Crippen molar-refractivity contribution in [3.8, 4) is 11.4 Å². The van der Waals surface area contributed by atoms with Gasteiger partial charge in [0, 0.05) is 24.5 Å². The second-order valence-electron chi connectivity index (χ2n) is 5.73. The van der Waals surface area contributed by atoms with Gasteiger partial charge in [-0.15, -0.1) is 0 Å². The SMILES string of the molecule is Brc1cnc(N2CCCC[C@H]2c2nc(-c3ccccc3)no2)nc1. The molecule has 0 amide bonds. The molecule has 0 unspecified atom stereocenters. The first kappa shape index (κ1) is 15.3. The van der Waals surface area contributed by atoms with Crippen molar-refractivity contribution >= 4 is 21.9 Å². The lowest BCUT2D eigenvalue weighted by Gasteiger charge is -2.33. The molecule has 1 aliphatic heterocycles. The van der Waals surface area contributed by atoms with Crippen LogP contribution in [0.5, 0.6) is 0 Å². The molecule has 7 heteroatoms. The van der Waals surface area contributed by atoms with Gasteiger partial charge in [0.1, 0.15) is 6.04 Å². The fraction of sp³-hybridized carbons (Fsp3) is 0.294. The molecular formula is C17H16BrN5O. The van der Waals surface area contributed by atoms with Crippen molar-refractivity contribution < 1.29 is 4.52 Å². The van der Waals surface area contributed by atoms with Crippen LogP contribution in [0.3, 0.4) is 0 Å². The molecule has 0 saturated carbocycles. The van der Waals surface area contributed by atoms with Crippen LogP contribution in [0, 0.1) is 0 Å². The molecule has 1 saturated heterocycles. The predicted octanol–water partition coefficient (Wildman–Crippen LogP) is 4.02. The Balaban J connectivity index is 1.64. The van der Waals surface area contributed by atoms with Gasteiger partial charge in [-0.25, -0.2) is 9.97 Å². The fourth-order valence-corrected chi connectivity index (χ4v) is 3.16.